The fourth-order valence-electron chi connectivity index (χ4n) is 1.78. The van der Waals surface area contributed by atoms with Gasteiger partial charge in [0.1, 0.15) is 5.82 Å². The van der Waals surface area contributed by atoms with E-state index in [0.29, 0.717) is 20.6 Å². The lowest BCUT2D eigenvalue weighted by atomic mass is 10.0. The lowest BCUT2D eigenvalue weighted by Gasteiger charge is -2.14. The van der Waals surface area contributed by atoms with Crippen molar-refractivity contribution in [3.05, 3.63) is 68.4 Å². The maximum Gasteiger partial charge on any atom is 0.123 e. The average Bonchev–Trinajstić information content (AvgIpc) is 2.35. The van der Waals surface area contributed by atoms with Crippen molar-refractivity contribution in [2.75, 3.05) is 0 Å². The third-order valence-corrected chi connectivity index (χ3v) is 3.68. The number of aliphatic hydroxyl groups is 1. The third kappa shape index (κ3) is 3.61. The number of hydrogen-bond acceptors (Lipinski definition) is 1. The van der Waals surface area contributed by atoms with Gasteiger partial charge in [-0.25, -0.2) is 4.39 Å². The summed E-state index contributed by atoms with van der Waals surface area (Å²) in [6.07, 6.45) is -0.694. The van der Waals surface area contributed by atoms with Crippen LogP contribution in [0.4, 0.5) is 4.39 Å². The molecule has 1 unspecified atom stereocenters. The highest BCUT2D eigenvalue weighted by molar-refractivity contribution is 6.35. The maximum atomic E-state index is 13.2. The van der Waals surface area contributed by atoms with Gasteiger partial charge in [-0.15, -0.1) is 0 Å². The molecule has 1 atom stereocenters. The quantitative estimate of drug-likeness (QED) is 0.838. The van der Waals surface area contributed by atoms with Gasteiger partial charge in [0.2, 0.25) is 0 Å². The summed E-state index contributed by atoms with van der Waals surface area (Å²) in [6.45, 7) is 0. The van der Waals surface area contributed by atoms with Crippen LogP contribution >= 0.6 is 34.8 Å². The second kappa shape index (κ2) is 6.10. The molecule has 1 N–H and O–H groups in total. The van der Waals surface area contributed by atoms with Gasteiger partial charge in [0.05, 0.1) is 6.10 Å². The standard InChI is InChI=1S/C14H10Cl3FO/c15-9-2-1-8(13(17)6-9)5-14(19)11-7-10(18)3-4-12(11)16/h1-4,6-7,14,19H,5H2. The van der Waals surface area contributed by atoms with E-state index in [2.05, 4.69) is 0 Å². The molecule has 0 aliphatic carbocycles. The molecule has 2 aromatic carbocycles. The van der Waals surface area contributed by atoms with E-state index < -0.39 is 11.9 Å². The highest BCUT2D eigenvalue weighted by Gasteiger charge is 2.15. The molecule has 5 heteroatoms. The van der Waals surface area contributed by atoms with Gasteiger partial charge >= 0.3 is 0 Å². The Morgan fingerprint density at radius 2 is 1.74 bits per heavy atom. The molecule has 0 fully saturated rings. The molecule has 1 nitrogen and oxygen atoms in total. The van der Waals surface area contributed by atoms with Crippen LogP contribution in [0, 0.1) is 5.82 Å². The Bertz CT molecular complexity index is 601. The molecule has 0 spiro atoms. The molecular formula is C14H10Cl3FO. The first kappa shape index (κ1) is 14.6. The number of halogens is 4. The Kier molecular flexibility index (Phi) is 4.69. The largest absolute Gasteiger partial charge is 0.388 e. The summed E-state index contributed by atoms with van der Waals surface area (Å²) in [6, 6.07) is 8.88. The Morgan fingerprint density at radius 1 is 1.00 bits per heavy atom. The van der Waals surface area contributed by atoms with Crippen molar-refractivity contribution < 1.29 is 9.50 Å². The van der Waals surface area contributed by atoms with Crippen molar-refractivity contribution >= 4 is 34.8 Å². The van der Waals surface area contributed by atoms with E-state index in [-0.39, 0.29) is 6.42 Å². The first-order chi connectivity index (χ1) is 8.97. The van der Waals surface area contributed by atoms with Gasteiger partial charge in [0.25, 0.3) is 0 Å². The van der Waals surface area contributed by atoms with Crippen molar-refractivity contribution in [2.45, 2.75) is 12.5 Å². The zero-order valence-electron chi connectivity index (χ0n) is 9.71. The molecule has 2 aromatic rings. The van der Waals surface area contributed by atoms with Crippen LogP contribution in [-0.2, 0) is 6.42 Å². The van der Waals surface area contributed by atoms with Gasteiger partial charge in [-0.05, 0) is 35.9 Å². The molecule has 0 aromatic heterocycles. The van der Waals surface area contributed by atoms with Crippen molar-refractivity contribution in [2.24, 2.45) is 0 Å². The molecule has 2 rings (SSSR count). The second-order valence-corrected chi connectivity index (χ2v) is 5.37. The maximum absolute atomic E-state index is 13.2. The van der Waals surface area contributed by atoms with Crippen LogP contribution in [0.2, 0.25) is 15.1 Å². The topological polar surface area (TPSA) is 20.2 Å². The van der Waals surface area contributed by atoms with Gasteiger partial charge in [0.15, 0.2) is 0 Å². The predicted molar refractivity (Wildman–Crippen MR) is 76.5 cm³/mol. The average molecular weight is 320 g/mol. The van der Waals surface area contributed by atoms with E-state index in [0.717, 1.165) is 5.56 Å². The van der Waals surface area contributed by atoms with Crippen molar-refractivity contribution in [3.8, 4) is 0 Å². The number of benzene rings is 2. The Hall–Kier alpha value is -0.800. The molecule has 0 saturated carbocycles. The van der Waals surface area contributed by atoms with Crippen LogP contribution in [0.1, 0.15) is 17.2 Å². The van der Waals surface area contributed by atoms with Crippen molar-refractivity contribution in [1.29, 1.82) is 0 Å². The lowest BCUT2D eigenvalue weighted by Crippen LogP contribution is -2.03. The molecule has 0 amide bonds. The molecule has 19 heavy (non-hydrogen) atoms. The van der Waals surface area contributed by atoms with Crippen LogP contribution in [0.5, 0.6) is 0 Å². The van der Waals surface area contributed by atoms with Crippen LogP contribution in [0.25, 0.3) is 0 Å². The number of aliphatic hydroxyl groups excluding tert-OH is 1. The first-order valence-corrected chi connectivity index (χ1v) is 6.67. The molecule has 100 valence electrons. The summed E-state index contributed by atoms with van der Waals surface area (Å²) in [5, 5.41) is 11.4. The van der Waals surface area contributed by atoms with E-state index in [1.54, 1.807) is 18.2 Å². The first-order valence-electron chi connectivity index (χ1n) is 5.54. The van der Waals surface area contributed by atoms with Gasteiger partial charge in [0, 0.05) is 27.1 Å². The Balaban J connectivity index is 2.25. The van der Waals surface area contributed by atoms with Crippen molar-refractivity contribution in [3.63, 3.8) is 0 Å². The smallest absolute Gasteiger partial charge is 0.123 e. The minimum Gasteiger partial charge on any atom is -0.388 e. The summed E-state index contributed by atoms with van der Waals surface area (Å²) < 4.78 is 13.2. The Morgan fingerprint density at radius 3 is 2.42 bits per heavy atom. The van der Waals surface area contributed by atoms with Gasteiger partial charge in [-0.1, -0.05) is 40.9 Å². The normalized spacial score (nSPS) is 12.5. The van der Waals surface area contributed by atoms with Gasteiger partial charge in [-0.2, -0.15) is 0 Å². The Labute approximate surface area is 125 Å². The summed E-state index contributed by atoms with van der Waals surface area (Å²) >= 11 is 17.8. The van der Waals surface area contributed by atoms with Gasteiger partial charge in [-0.3, -0.25) is 0 Å². The van der Waals surface area contributed by atoms with Crippen LogP contribution in [0.3, 0.4) is 0 Å². The minimum absolute atomic E-state index is 0.235. The van der Waals surface area contributed by atoms with Crippen LogP contribution in [-0.4, -0.2) is 5.11 Å². The van der Waals surface area contributed by atoms with E-state index in [4.69, 9.17) is 34.8 Å². The lowest BCUT2D eigenvalue weighted by molar-refractivity contribution is 0.178. The molecule has 0 aliphatic heterocycles. The van der Waals surface area contributed by atoms with Crippen LogP contribution < -0.4 is 0 Å². The fraction of sp³-hybridized carbons (Fsp3) is 0.143. The molecule has 0 saturated heterocycles. The minimum atomic E-state index is -0.929. The van der Waals surface area contributed by atoms with E-state index in [9.17, 15) is 9.50 Å². The summed E-state index contributed by atoms with van der Waals surface area (Å²) in [4.78, 5) is 0. The predicted octanol–water partition coefficient (Wildman–Crippen LogP) is 5.06. The number of hydrogen-bond donors (Lipinski definition) is 1. The molecule has 0 aliphatic rings. The zero-order chi connectivity index (χ0) is 14.0. The van der Waals surface area contributed by atoms with Crippen LogP contribution in [0.15, 0.2) is 36.4 Å². The molecule has 0 bridgehead atoms. The highest BCUT2D eigenvalue weighted by atomic mass is 35.5. The van der Waals surface area contributed by atoms with Crippen molar-refractivity contribution in [1.82, 2.24) is 0 Å². The molecule has 0 radical (unpaired) electrons. The third-order valence-electron chi connectivity index (χ3n) is 2.75. The monoisotopic (exact) mass is 318 g/mol. The summed E-state index contributed by atoms with van der Waals surface area (Å²) in [5.41, 5.74) is 1.06. The summed E-state index contributed by atoms with van der Waals surface area (Å²) in [5.74, 6) is -0.444. The second-order valence-electron chi connectivity index (χ2n) is 4.12. The van der Waals surface area contributed by atoms with E-state index in [1.807, 2.05) is 0 Å². The summed E-state index contributed by atoms with van der Waals surface area (Å²) in [7, 11) is 0. The molecule has 0 heterocycles. The molecular weight excluding hydrogens is 310 g/mol. The zero-order valence-corrected chi connectivity index (χ0v) is 12.0. The number of rotatable bonds is 3. The fourth-order valence-corrected chi connectivity index (χ4v) is 2.50. The highest BCUT2D eigenvalue weighted by Crippen LogP contribution is 2.29. The van der Waals surface area contributed by atoms with E-state index in [1.165, 1.54) is 18.2 Å². The SMILES string of the molecule is OC(Cc1ccc(Cl)cc1Cl)c1cc(F)ccc1Cl. The van der Waals surface area contributed by atoms with E-state index >= 15 is 0 Å². The van der Waals surface area contributed by atoms with Gasteiger partial charge < -0.3 is 5.11 Å².